The summed E-state index contributed by atoms with van der Waals surface area (Å²) in [5.41, 5.74) is 3.79. The van der Waals surface area contributed by atoms with Gasteiger partial charge >= 0.3 is 0 Å². The molecular formula is C14H15N3O3. The second-order valence-electron chi connectivity index (χ2n) is 4.53. The molecule has 104 valence electrons. The van der Waals surface area contributed by atoms with Crippen molar-refractivity contribution in [2.75, 3.05) is 13.2 Å². The Hall–Kier alpha value is -2.23. The molecule has 0 aliphatic carbocycles. The van der Waals surface area contributed by atoms with E-state index in [1.165, 1.54) is 6.21 Å². The third-order valence-electron chi connectivity index (χ3n) is 2.82. The van der Waals surface area contributed by atoms with Gasteiger partial charge in [0.15, 0.2) is 5.79 Å². The zero-order chi connectivity index (χ0) is 14.4. The van der Waals surface area contributed by atoms with Gasteiger partial charge in [-0.15, -0.1) is 0 Å². The maximum absolute atomic E-state index is 11.7. The summed E-state index contributed by atoms with van der Waals surface area (Å²) in [6.45, 7) is 2.72. The van der Waals surface area contributed by atoms with Crippen molar-refractivity contribution in [1.82, 2.24) is 5.43 Å². The topological polar surface area (TPSA) is 83.7 Å². The van der Waals surface area contributed by atoms with Crippen LogP contribution in [0.4, 0.5) is 0 Å². The first-order chi connectivity index (χ1) is 9.61. The first-order valence-corrected chi connectivity index (χ1v) is 6.21. The lowest BCUT2D eigenvalue weighted by Gasteiger charge is -2.20. The highest BCUT2D eigenvalue weighted by Gasteiger charge is 2.33. The Morgan fingerprint density at radius 2 is 2.10 bits per heavy atom. The predicted molar refractivity (Wildman–Crippen MR) is 71.8 cm³/mol. The maximum Gasteiger partial charge on any atom is 0.245 e. The Morgan fingerprint density at radius 1 is 1.45 bits per heavy atom. The number of nitrogens with one attached hydrogen (secondary N) is 1. The highest BCUT2D eigenvalue weighted by Crippen LogP contribution is 2.22. The fourth-order valence-corrected chi connectivity index (χ4v) is 1.81. The molecule has 1 aliphatic heterocycles. The Labute approximate surface area is 117 Å². The van der Waals surface area contributed by atoms with Gasteiger partial charge in [0.1, 0.15) is 0 Å². The number of ether oxygens (including phenoxy) is 2. The van der Waals surface area contributed by atoms with Crippen LogP contribution in [0.2, 0.25) is 0 Å². The minimum Gasteiger partial charge on any atom is -0.347 e. The SMILES string of the molecule is CC1(CC(=O)NN=Cc2ccc(C#N)cc2)OCCO1. The molecule has 1 aliphatic rings. The number of nitriles is 1. The summed E-state index contributed by atoms with van der Waals surface area (Å²) in [5, 5.41) is 12.5. The second-order valence-corrected chi connectivity index (χ2v) is 4.53. The molecule has 6 heteroatoms. The molecule has 1 aromatic carbocycles. The Bertz CT molecular complexity index is 540. The van der Waals surface area contributed by atoms with Gasteiger partial charge in [0, 0.05) is 0 Å². The van der Waals surface area contributed by atoms with E-state index in [2.05, 4.69) is 10.5 Å². The summed E-state index contributed by atoms with van der Waals surface area (Å²) in [6.07, 6.45) is 1.61. The third kappa shape index (κ3) is 3.88. The second kappa shape index (κ2) is 6.28. The van der Waals surface area contributed by atoms with Gasteiger partial charge in [0.05, 0.1) is 37.5 Å². The summed E-state index contributed by atoms with van der Waals surface area (Å²) < 4.78 is 10.7. The van der Waals surface area contributed by atoms with Crippen LogP contribution in [-0.2, 0) is 14.3 Å². The molecule has 0 spiro atoms. The molecule has 0 unspecified atom stereocenters. The highest BCUT2D eigenvalue weighted by molar-refractivity contribution is 5.82. The van der Waals surface area contributed by atoms with Gasteiger partial charge in [-0.05, 0) is 24.6 Å². The van der Waals surface area contributed by atoms with Crippen molar-refractivity contribution in [3.8, 4) is 6.07 Å². The summed E-state index contributed by atoms with van der Waals surface area (Å²) in [7, 11) is 0. The fourth-order valence-electron chi connectivity index (χ4n) is 1.81. The van der Waals surface area contributed by atoms with Crippen LogP contribution in [0.1, 0.15) is 24.5 Å². The van der Waals surface area contributed by atoms with E-state index in [0.29, 0.717) is 18.8 Å². The number of benzene rings is 1. The lowest BCUT2D eigenvalue weighted by molar-refractivity contribution is -0.159. The van der Waals surface area contributed by atoms with E-state index in [1.54, 1.807) is 31.2 Å². The van der Waals surface area contributed by atoms with Gasteiger partial charge in [-0.25, -0.2) is 5.43 Å². The van der Waals surface area contributed by atoms with Crippen LogP contribution in [0.15, 0.2) is 29.4 Å². The van der Waals surface area contributed by atoms with Crippen LogP contribution in [0, 0.1) is 11.3 Å². The van der Waals surface area contributed by atoms with Gasteiger partial charge in [0.25, 0.3) is 0 Å². The number of hydrogen-bond donors (Lipinski definition) is 1. The molecule has 1 amide bonds. The maximum atomic E-state index is 11.7. The van der Waals surface area contributed by atoms with E-state index in [9.17, 15) is 4.79 Å². The normalized spacial score (nSPS) is 17.0. The number of rotatable bonds is 4. The van der Waals surface area contributed by atoms with Crippen LogP contribution < -0.4 is 5.43 Å². The van der Waals surface area contributed by atoms with E-state index in [1.807, 2.05) is 6.07 Å². The molecule has 1 fully saturated rings. The number of hydrazone groups is 1. The minimum absolute atomic E-state index is 0.0950. The highest BCUT2D eigenvalue weighted by atomic mass is 16.7. The van der Waals surface area contributed by atoms with Crippen molar-refractivity contribution in [2.45, 2.75) is 19.1 Å². The molecule has 0 atom stereocenters. The van der Waals surface area contributed by atoms with Crippen LogP contribution in [-0.4, -0.2) is 31.1 Å². The minimum atomic E-state index is -0.853. The van der Waals surface area contributed by atoms with Crippen LogP contribution in [0.3, 0.4) is 0 Å². The molecule has 0 bridgehead atoms. The van der Waals surface area contributed by atoms with Crippen molar-refractivity contribution >= 4 is 12.1 Å². The largest absolute Gasteiger partial charge is 0.347 e. The quantitative estimate of drug-likeness (QED) is 0.659. The van der Waals surface area contributed by atoms with Crippen molar-refractivity contribution < 1.29 is 14.3 Å². The Balaban J connectivity index is 1.83. The Kier molecular flexibility index (Phi) is 4.45. The lowest BCUT2D eigenvalue weighted by Crippen LogP contribution is -2.33. The van der Waals surface area contributed by atoms with E-state index in [-0.39, 0.29) is 12.3 Å². The molecule has 20 heavy (non-hydrogen) atoms. The monoisotopic (exact) mass is 273 g/mol. The summed E-state index contributed by atoms with van der Waals surface area (Å²) in [4.78, 5) is 11.7. The third-order valence-corrected chi connectivity index (χ3v) is 2.82. The average Bonchev–Trinajstić information content (AvgIpc) is 2.86. The molecular weight excluding hydrogens is 258 g/mol. The molecule has 1 heterocycles. The smallest absolute Gasteiger partial charge is 0.245 e. The van der Waals surface area contributed by atoms with E-state index in [0.717, 1.165) is 5.56 Å². The van der Waals surface area contributed by atoms with Gasteiger partial charge in [-0.3, -0.25) is 4.79 Å². The number of amides is 1. The molecule has 2 rings (SSSR count). The number of carbonyl (C=O) groups excluding carboxylic acids is 1. The van der Waals surface area contributed by atoms with Gasteiger partial charge in [-0.1, -0.05) is 12.1 Å². The van der Waals surface area contributed by atoms with E-state index < -0.39 is 5.79 Å². The number of carbonyl (C=O) groups is 1. The Morgan fingerprint density at radius 3 is 2.70 bits per heavy atom. The van der Waals surface area contributed by atoms with Crippen molar-refractivity contribution in [2.24, 2.45) is 5.10 Å². The van der Waals surface area contributed by atoms with Crippen LogP contribution in [0.25, 0.3) is 0 Å². The molecule has 1 aromatic rings. The van der Waals surface area contributed by atoms with Gasteiger partial charge in [-0.2, -0.15) is 10.4 Å². The average molecular weight is 273 g/mol. The van der Waals surface area contributed by atoms with E-state index >= 15 is 0 Å². The first-order valence-electron chi connectivity index (χ1n) is 6.21. The van der Waals surface area contributed by atoms with Crippen LogP contribution in [0.5, 0.6) is 0 Å². The summed E-state index contributed by atoms with van der Waals surface area (Å²) in [5.74, 6) is -1.13. The lowest BCUT2D eigenvalue weighted by atomic mass is 10.2. The zero-order valence-electron chi connectivity index (χ0n) is 11.1. The summed E-state index contributed by atoms with van der Waals surface area (Å²) in [6, 6.07) is 8.90. The standard InChI is InChI=1S/C14H15N3O3/c1-14(19-6-7-20-14)8-13(18)17-16-10-12-4-2-11(9-15)3-5-12/h2-5,10H,6-8H2,1H3,(H,17,18). The molecule has 6 nitrogen and oxygen atoms in total. The molecule has 0 radical (unpaired) electrons. The van der Waals surface area contributed by atoms with Crippen molar-refractivity contribution in [1.29, 1.82) is 5.26 Å². The summed E-state index contributed by atoms with van der Waals surface area (Å²) >= 11 is 0. The predicted octanol–water partition coefficient (Wildman–Crippen LogP) is 1.16. The van der Waals surface area contributed by atoms with Gasteiger partial charge in [0.2, 0.25) is 5.91 Å². The van der Waals surface area contributed by atoms with Crippen molar-refractivity contribution in [3.05, 3.63) is 35.4 Å². The zero-order valence-corrected chi connectivity index (χ0v) is 11.1. The number of hydrogen-bond acceptors (Lipinski definition) is 5. The number of nitrogens with zero attached hydrogens (tertiary/aromatic N) is 2. The van der Waals surface area contributed by atoms with Crippen LogP contribution >= 0.6 is 0 Å². The first kappa shape index (κ1) is 14.2. The van der Waals surface area contributed by atoms with Gasteiger partial charge < -0.3 is 9.47 Å². The molecule has 1 N–H and O–H groups in total. The van der Waals surface area contributed by atoms with E-state index in [4.69, 9.17) is 14.7 Å². The molecule has 0 saturated carbocycles. The molecule has 0 aromatic heterocycles. The molecule has 1 saturated heterocycles. The fraction of sp³-hybridized carbons (Fsp3) is 0.357. The van der Waals surface area contributed by atoms with Crippen molar-refractivity contribution in [3.63, 3.8) is 0 Å².